The second-order valence-corrected chi connectivity index (χ2v) is 6.63. The maximum atomic E-state index is 6.01. The fourth-order valence-electron chi connectivity index (χ4n) is 2.37. The van der Waals surface area contributed by atoms with Crippen LogP contribution < -0.4 is 9.64 Å². The Hall–Kier alpha value is -1.17. The van der Waals surface area contributed by atoms with E-state index < -0.39 is 0 Å². The molecule has 0 radical (unpaired) electrons. The van der Waals surface area contributed by atoms with Gasteiger partial charge in [-0.05, 0) is 30.5 Å². The number of aromatic nitrogens is 2. The summed E-state index contributed by atoms with van der Waals surface area (Å²) in [6, 6.07) is 9.32. The van der Waals surface area contributed by atoms with Crippen LogP contribution in [0.25, 0.3) is 0 Å². The van der Waals surface area contributed by atoms with E-state index in [0.29, 0.717) is 10.0 Å². The molecule has 2 aromatic rings. The molecule has 22 heavy (non-hydrogen) atoms. The summed E-state index contributed by atoms with van der Waals surface area (Å²) in [5.41, 5.74) is 0. The van der Waals surface area contributed by atoms with Crippen LogP contribution in [0.3, 0.4) is 0 Å². The molecule has 0 N–H and O–H groups in total. The molecule has 7 heteroatoms. The fourth-order valence-corrected chi connectivity index (χ4v) is 2.98. The Morgan fingerprint density at radius 2 is 2.05 bits per heavy atom. The third-order valence-corrected chi connectivity index (χ3v) is 4.87. The predicted octanol–water partition coefficient (Wildman–Crippen LogP) is 4.16. The SMILES string of the molecule is CSc1ccc(N2CCC(Oc3ccc(Cl)c(Cl)c3)C2)nn1. The van der Waals surface area contributed by atoms with Gasteiger partial charge in [-0.1, -0.05) is 23.2 Å². The lowest BCUT2D eigenvalue weighted by Crippen LogP contribution is -2.25. The topological polar surface area (TPSA) is 38.2 Å². The van der Waals surface area contributed by atoms with Gasteiger partial charge >= 0.3 is 0 Å². The summed E-state index contributed by atoms with van der Waals surface area (Å²) in [6.07, 6.45) is 3.03. The molecule has 1 fully saturated rings. The molecule has 1 aromatic heterocycles. The Morgan fingerprint density at radius 1 is 1.18 bits per heavy atom. The molecule has 1 aliphatic heterocycles. The molecule has 116 valence electrons. The molecule has 1 aliphatic rings. The van der Waals surface area contributed by atoms with E-state index in [1.807, 2.05) is 24.5 Å². The number of anilines is 1. The zero-order valence-corrected chi connectivity index (χ0v) is 14.3. The maximum Gasteiger partial charge on any atom is 0.151 e. The van der Waals surface area contributed by atoms with Crippen molar-refractivity contribution in [3.05, 3.63) is 40.4 Å². The summed E-state index contributed by atoms with van der Waals surface area (Å²) in [4.78, 5) is 2.18. The number of rotatable bonds is 4. The van der Waals surface area contributed by atoms with Crippen LogP contribution in [0.5, 0.6) is 5.75 Å². The Morgan fingerprint density at radius 3 is 2.73 bits per heavy atom. The van der Waals surface area contributed by atoms with Crippen molar-refractivity contribution in [1.29, 1.82) is 0 Å². The molecule has 3 rings (SSSR count). The van der Waals surface area contributed by atoms with Crippen LogP contribution in [0.15, 0.2) is 35.4 Å². The number of thioether (sulfide) groups is 1. The van der Waals surface area contributed by atoms with Gasteiger partial charge in [0.15, 0.2) is 5.82 Å². The lowest BCUT2D eigenvalue weighted by atomic mass is 10.3. The van der Waals surface area contributed by atoms with Crippen molar-refractivity contribution >= 4 is 40.8 Å². The lowest BCUT2D eigenvalue weighted by Gasteiger charge is -2.17. The largest absolute Gasteiger partial charge is 0.488 e. The predicted molar refractivity (Wildman–Crippen MR) is 91.5 cm³/mol. The molecule has 0 saturated carbocycles. The second-order valence-electron chi connectivity index (χ2n) is 4.98. The van der Waals surface area contributed by atoms with Gasteiger partial charge in [-0.25, -0.2) is 0 Å². The summed E-state index contributed by atoms with van der Waals surface area (Å²) in [5.74, 6) is 1.63. The van der Waals surface area contributed by atoms with E-state index in [1.54, 1.807) is 23.9 Å². The third kappa shape index (κ3) is 3.59. The highest BCUT2D eigenvalue weighted by Gasteiger charge is 2.25. The molecule has 4 nitrogen and oxygen atoms in total. The van der Waals surface area contributed by atoms with Crippen LogP contribution in [0.2, 0.25) is 10.0 Å². The van der Waals surface area contributed by atoms with Crippen molar-refractivity contribution in [2.75, 3.05) is 24.2 Å². The zero-order chi connectivity index (χ0) is 15.5. The van der Waals surface area contributed by atoms with Crippen molar-refractivity contribution in [3.8, 4) is 5.75 Å². The molecule has 0 spiro atoms. The van der Waals surface area contributed by atoms with Crippen LogP contribution in [-0.4, -0.2) is 35.6 Å². The highest BCUT2D eigenvalue weighted by molar-refractivity contribution is 7.98. The third-order valence-electron chi connectivity index (χ3n) is 3.50. The van der Waals surface area contributed by atoms with Gasteiger partial charge in [0.25, 0.3) is 0 Å². The number of ether oxygens (including phenoxy) is 1. The molecule has 0 amide bonds. The molecule has 0 aliphatic carbocycles. The Labute approximate surface area is 143 Å². The van der Waals surface area contributed by atoms with Crippen LogP contribution in [0, 0.1) is 0 Å². The van der Waals surface area contributed by atoms with E-state index >= 15 is 0 Å². The van der Waals surface area contributed by atoms with Crippen LogP contribution >= 0.6 is 35.0 Å². The van der Waals surface area contributed by atoms with E-state index in [4.69, 9.17) is 27.9 Å². The summed E-state index contributed by atoms with van der Waals surface area (Å²) in [6.45, 7) is 1.69. The molecule has 2 heterocycles. The molecule has 1 aromatic carbocycles. The maximum absolute atomic E-state index is 6.01. The minimum absolute atomic E-state index is 0.110. The lowest BCUT2D eigenvalue weighted by molar-refractivity contribution is 0.225. The van der Waals surface area contributed by atoms with Crippen molar-refractivity contribution in [3.63, 3.8) is 0 Å². The van der Waals surface area contributed by atoms with Gasteiger partial charge in [0.05, 0.1) is 16.6 Å². The molecule has 0 bridgehead atoms. The van der Waals surface area contributed by atoms with Gasteiger partial charge in [0.1, 0.15) is 16.9 Å². The summed E-state index contributed by atoms with van der Waals surface area (Å²) < 4.78 is 5.97. The first-order valence-electron chi connectivity index (χ1n) is 6.90. The zero-order valence-electron chi connectivity index (χ0n) is 12.0. The van der Waals surface area contributed by atoms with Gasteiger partial charge in [-0.2, -0.15) is 0 Å². The van der Waals surface area contributed by atoms with Crippen molar-refractivity contribution in [2.24, 2.45) is 0 Å². The fraction of sp³-hybridized carbons (Fsp3) is 0.333. The monoisotopic (exact) mass is 355 g/mol. The van der Waals surface area contributed by atoms with Crippen LogP contribution in [-0.2, 0) is 0 Å². The Bertz CT molecular complexity index is 654. The standard InChI is InChI=1S/C15H15Cl2N3OS/c1-22-15-5-4-14(18-19-15)20-7-6-11(9-20)21-10-2-3-12(16)13(17)8-10/h2-5,8,11H,6-7,9H2,1H3. The summed E-state index contributed by atoms with van der Waals surface area (Å²) in [5, 5.41) is 10.4. The molecule has 1 atom stereocenters. The number of hydrogen-bond donors (Lipinski definition) is 0. The molecule has 1 saturated heterocycles. The van der Waals surface area contributed by atoms with Crippen LogP contribution in [0.1, 0.15) is 6.42 Å². The number of nitrogens with zero attached hydrogens (tertiary/aromatic N) is 3. The molecular weight excluding hydrogens is 341 g/mol. The summed E-state index contributed by atoms with van der Waals surface area (Å²) in [7, 11) is 0. The van der Waals surface area contributed by atoms with Gasteiger partial charge < -0.3 is 9.64 Å². The average molecular weight is 356 g/mol. The first kappa shape index (κ1) is 15.7. The normalized spacial score (nSPS) is 17.8. The summed E-state index contributed by atoms with van der Waals surface area (Å²) >= 11 is 13.5. The number of hydrogen-bond acceptors (Lipinski definition) is 5. The number of benzene rings is 1. The second kappa shape index (κ2) is 6.94. The van der Waals surface area contributed by atoms with E-state index in [2.05, 4.69) is 15.1 Å². The van der Waals surface area contributed by atoms with E-state index in [-0.39, 0.29) is 6.10 Å². The quantitative estimate of drug-likeness (QED) is 0.769. The van der Waals surface area contributed by atoms with Crippen molar-refractivity contribution in [2.45, 2.75) is 17.6 Å². The van der Waals surface area contributed by atoms with E-state index in [9.17, 15) is 0 Å². The van der Waals surface area contributed by atoms with E-state index in [0.717, 1.165) is 36.1 Å². The minimum Gasteiger partial charge on any atom is -0.488 e. The first-order valence-corrected chi connectivity index (χ1v) is 8.88. The Balaban J connectivity index is 1.62. The van der Waals surface area contributed by atoms with Crippen molar-refractivity contribution in [1.82, 2.24) is 10.2 Å². The van der Waals surface area contributed by atoms with Gasteiger partial charge in [-0.15, -0.1) is 22.0 Å². The highest BCUT2D eigenvalue weighted by Crippen LogP contribution is 2.28. The van der Waals surface area contributed by atoms with Gasteiger partial charge in [0.2, 0.25) is 0 Å². The van der Waals surface area contributed by atoms with Crippen molar-refractivity contribution < 1.29 is 4.74 Å². The minimum atomic E-state index is 0.110. The highest BCUT2D eigenvalue weighted by atomic mass is 35.5. The van der Waals surface area contributed by atoms with Gasteiger partial charge in [-0.3, -0.25) is 0 Å². The first-order chi connectivity index (χ1) is 10.7. The van der Waals surface area contributed by atoms with Gasteiger partial charge in [0, 0.05) is 19.0 Å². The van der Waals surface area contributed by atoms with Crippen LogP contribution in [0.4, 0.5) is 5.82 Å². The molecule has 1 unspecified atom stereocenters. The smallest absolute Gasteiger partial charge is 0.151 e. The number of halogens is 2. The molecular formula is C15H15Cl2N3OS. The Kier molecular flexibility index (Phi) is 4.96. The van der Waals surface area contributed by atoms with E-state index in [1.165, 1.54) is 0 Å². The average Bonchev–Trinajstić information content (AvgIpc) is 2.99.